The second kappa shape index (κ2) is 5.57. The second-order valence-electron chi connectivity index (χ2n) is 4.74. The van der Waals surface area contributed by atoms with Gasteiger partial charge in [-0.1, -0.05) is 11.6 Å². The molecule has 0 radical (unpaired) electrons. The zero-order chi connectivity index (χ0) is 14.0. The average Bonchev–Trinajstić information content (AvgIpc) is 2.86. The summed E-state index contributed by atoms with van der Waals surface area (Å²) in [6.07, 6.45) is 4.50. The summed E-state index contributed by atoms with van der Waals surface area (Å²) < 4.78 is 0. The van der Waals surface area contributed by atoms with E-state index in [4.69, 9.17) is 11.6 Å². The van der Waals surface area contributed by atoms with Gasteiger partial charge < -0.3 is 9.80 Å². The van der Waals surface area contributed by atoms with Gasteiger partial charge >= 0.3 is 0 Å². The first kappa shape index (κ1) is 13.8. The highest BCUT2D eigenvalue weighted by molar-refractivity contribution is 6.33. The normalized spacial score (nSPS) is 18.5. The van der Waals surface area contributed by atoms with E-state index < -0.39 is 6.04 Å². The third-order valence-corrected chi connectivity index (χ3v) is 3.57. The van der Waals surface area contributed by atoms with Crippen LogP contribution in [0.1, 0.15) is 23.2 Å². The number of carbonyl (C=O) groups excluding carboxylic acids is 2. The molecule has 1 aliphatic heterocycles. The molecule has 2 heterocycles. The first-order valence-electron chi connectivity index (χ1n) is 6.14. The highest BCUT2D eigenvalue weighted by Gasteiger charge is 2.35. The number of hydrogen-bond acceptors (Lipinski definition) is 3. The zero-order valence-corrected chi connectivity index (χ0v) is 11.7. The van der Waals surface area contributed by atoms with Crippen LogP contribution in [-0.4, -0.2) is 53.3 Å². The number of pyridine rings is 1. The van der Waals surface area contributed by atoms with Gasteiger partial charge in [-0.15, -0.1) is 0 Å². The molecule has 0 saturated carbocycles. The number of rotatable bonds is 2. The maximum absolute atomic E-state index is 12.4. The van der Waals surface area contributed by atoms with Crippen LogP contribution in [0.2, 0.25) is 5.02 Å². The maximum atomic E-state index is 12.4. The van der Waals surface area contributed by atoms with Gasteiger partial charge in [0.15, 0.2) is 0 Å². The van der Waals surface area contributed by atoms with Crippen molar-refractivity contribution in [3.8, 4) is 0 Å². The van der Waals surface area contributed by atoms with Crippen LogP contribution in [0.3, 0.4) is 0 Å². The Kier molecular flexibility index (Phi) is 4.04. The topological polar surface area (TPSA) is 53.5 Å². The molecule has 0 aliphatic carbocycles. The molecular formula is C13H16ClN3O2. The van der Waals surface area contributed by atoms with Crippen LogP contribution in [-0.2, 0) is 4.79 Å². The van der Waals surface area contributed by atoms with Crippen molar-refractivity contribution in [1.29, 1.82) is 0 Å². The molecule has 0 aromatic carbocycles. The van der Waals surface area contributed by atoms with Gasteiger partial charge in [0.2, 0.25) is 5.91 Å². The zero-order valence-electron chi connectivity index (χ0n) is 11.0. The van der Waals surface area contributed by atoms with Gasteiger partial charge in [-0.25, -0.2) is 0 Å². The van der Waals surface area contributed by atoms with Gasteiger partial charge in [0, 0.05) is 33.0 Å². The van der Waals surface area contributed by atoms with Crippen molar-refractivity contribution in [1.82, 2.24) is 14.8 Å². The number of hydrogen-bond donors (Lipinski definition) is 0. The number of amides is 2. The van der Waals surface area contributed by atoms with Crippen molar-refractivity contribution >= 4 is 23.4 Å². The molecule has 0 bridgehead atoms. The minimum atomic E-state index is -0.390. The molecular weight excluding hydrogens is 266 g/mol. The summed E-state index contributed by atoms with van der Waals surface area (Å²) in [6, 6.07) is 1.19. The molecule has 0 N–H and O–H groups in total. The Bertz CT molecular complexity index is 504. The smallest absolute Gasteiger partial charge is 0.257 e. The Morgan fingerprint density at radius 2 is 2.21 bits per heavy atom. The molecule has 1 aliphatic rings. The second-order valence-corrected chi connectivity index (χ2v) is 5.15. The fraction of sp³-hybridized carbons (Fsp3) is 0.462. The molecule has 2 rings (SSSR count). The summed E-state index contributed by atoms with van der Waals surface area (Å²) in [5.41, 5.74) is 0.350. The summed E-state index contributed by atoms with van der Waals surface area (Å²) in [7, 11) is 3.39. The van der Waals surface area contributed by atoms with E-state index >= 15 is 0 Å². The predicted octanol–water partition coefficient (Wildman–Crippen LogP) is 1.43. The fourth-order valence-corrected chi connectivity index (χ4v) is 2.44. The SMILES string of the molecule is CN(C)C(=O)C1CCCN1C(=O)c1cnccc1Cl. The Hall–Kier alpha value is -1.62. The molecule has 102 valence electrons. The van der Waals surface area contributed by atoms with Crippen molar-refractivity contribution in [2.24, 2.45) is 0 Å². The van der Waals surface area contributed by atoms with Crippen LogP contribution < -0.4 is 0 Å². The summed E-state index contributed by atoms with van der Waals surface area (Å²) in [6.45, 7) is 0.578. The van der Waals surface area contributed by atoms with Gasteiger partial charge in [0.05, 0.1) is 10.6 Å². The van der Waals surface area contributed by atoms with Gasteiger partial charge in [0.25, 0.3) is 5.91 Å². The van der Waals surface area contributed by atoms with Crippen molar-refractivity contribution in [3.05, 3.63) is 29.0 Å². The van der Waals surface area contributed by atoms with Gasteiger partial charge in [-0.3, -0.25) is 14.6 Å². The quantitative estimate of drug-likeness (QED) is 0.824. The molecule has 0 spiro atoms. The van der Waals surface area contributed by atoms with Crippen molar-refractivity contribution in [3.63, 3.8) is 0 Å². The third-order valence-electron chi connectivity index (χ3n) is 3.24. The first-order valence-corrected chi connectivity index (χ1v) is 6.52. The molecule has 1 saturated heterocycles. The summed E-state index contributed by atoms with van der Waals surface area (Å²) in [5.74, 6) is -0.276. The van der Waals surface area contributed by atoms with E-state index in [1.807, 2.05) is 0 Å². The molecule has 2 amide bonds. The highest BCUT2D eigenvalue weighted by atomic mass is 35.5. The van der Waals surface area contributed by atoms with Crippen molar-refractivity contribution in [2.45, 2.75) is 18.9 Å². The molecule has 1 fully saturated rings. The van der Waals surface area contributed by atoms with Crippen LogP contribution in [0.4, 0.5) is 0 Å². The Labute approximate surface area is 117 Å². The van der Waals surface area contributed by atoms with E-state index in [0.717, 1.165) is 6.42 Å². The lowest BCUT2D eigenvalue weighted by atomic mass is 10.1. The van der Waals surface area contributed by atoms with Crippen LogP contribution >= 0.6 is 11.6 Å². The van der Waals surface area contributed by atoms with Crippen LogP contribution in [0, 0.1) is 0 Å². The monoisotopic (exact) mass is 281 g/mol. The number of likely N-dealkylation sites (tertiary alicyclic amines) is 1. The Balaban J connectivity index is 2.24. The fourth-order valence-electron chi connectivity index (χ4n) is 2.25. The van der Waals surface area contributed by atoms with Crippen LogP contribution in [0.15, 0.2) is 18.5 Å². The van der Waals surface area contributed by atoms with Crippen molar-refractivity contribution in [2.75, 3.05) is 20.6 Å². The predicted molar refractivity (Wildman–Crippen MR) is 72.0 cm³/mol. The molecule has 5 nitrogen and oxygen atoms in total. The van der Waals surface area contributed by atoms with Gasteiger partial charge in [-0.2, -0.15) is 0 Å². The number of carbonyl (C=O) groups is 2. The van der Waals surface area contributed by atoms with E-state index in [9.17, 15) is 9.59 Å². The Morgan fingerprint density at radius 1 is 1.47 bits per heavy atom. The minimum Gasteiger partial charge on any atom is -0.347 e. The number of nitrogens with zero attached hydrogens (tertiary/aromatic N) is 3. The van der Waals surface area contributed by atoms with Gasteiger partial charge in [0.1, 0.15) is 6.04 Å². The van der Waals surface area contributed by atoms with Crippen LogP contribution in [0.25, 0.3) is 0 Å². The third kappa shape index (κ3) is 2.71. The standard InChI is InChI=1S/C13H16ClN3O2/c1-16(2)13(19)11-4-3-7-17(11)12(18)9-8-15-6-5-10(9)14/h5-6,8,11H,3-4,7H2,1-2H3. The highest BCUT2D eigenvalue weighted by Crippen LogP contribution is 2.24. The molecule has 1 aromatic rings. The summed E-state index contributed by atoms with van der Waals surface area (Å²) in [5, 5.41) is 0.364. The van der Waals surface area contributed by atoms with Crippen molar-refractivity contribution < 1.29 is 9.59 Å². The van der Waals surface area contributed by atoms with E-state index in [0.29, 0.717) is 23.6 Å². The summed E-state index contributed by atoms with van der Waals surface area (Å²) in [4.78, 5) is 31.5. The maximum Gasteiger partial charge on any atom is 0.257 e. The number of halogens is 1. The van der Waals surface area contributed by atoms with E-state index in [1.54, 1.807) is 25.1 Å². The lowest BCUT2D eigenvalue weighted by Gasteiger charge is -2.26. The molecule has 1 unspecified atom stereocenters. The van der Waals surface area contributed by atoms with E-state index in [1.165, 1.54) is 17.3 Å². The number of likely N-dealkylation sites (N-methyl/N-ethyl adjacent to an activating group) is 1. The van der Waals surface area contributed by atoms with Gasteiger partial charge in [-0.05, 0) is 18.9 Å². The molecule has 6 heteroatoms. The van der Waals surface area contributed by atoms with E-state index in [2.05, 4.69) is 4.98 Å². The lowest BCUT2D eigenvalue weighted by molar-refractivity contribution is -0.132. The molecule has 19 heavy (non-hydrogen) atoms. The number of aromatic nitrogens is 1. The minimum absolute atomic E-state index is 0.0501. The molecule has 1 aromatic heterocycles. The summed E-state index contributed by atoms with van der Waals surface area (Å²) >= 11 is 6.00. The Morgan fingerprint density at radius 3 is 2.84 bits per heavy atom. The average molecular weight is 282 g/mol. The largest absolute Gasteiger partial charge is 0.347 e. The lowest BCUT2D eigenvalue weighted by Crippen LogP contribution is -2.45. The molecule has 1 atom stereocenters. The first-order chi connectivity index (χ1) is 9.02. The van der Waals surface area contributed by atoms with E-state index in [-0.39, 0.29) is 11.8 Å². The van der Waals surface area contributed by atoms with Crippen LogP contribution in [0.5, 0.6) is 0 Å².